The van der Waals surface area contributed by atoms with Gasteiger partial charge in [-0.2, -0.15) is 0 Å². The van der Waals surface area contributed by atoms with Crippen LogP contribution in [0.5, 0.6) is 0 Å². The van der Waals surface area contributed by atoms with Gasteiger partial charge in [0.05, 0.1) is 4.92 Å². The van der Waals surface area contributed by atoms with Crippen molar-refractivity contribution in [1.29, 1.82) is 0 Å². The molecule has 0 aromatic heterocycles. The molecule has 0 N–H and O–H groups in total. The van der Waals surface area contributed by atoms with E-state index in [0.29, 0.717) is 16.1 Å². The van der Waals surface area contributed by atoms with Gasteiger partial charge in [0.1, 0.15) is 0 Å². The third-order valence-electron chi connectivity index (χ3n) is 3.59. The molecule has 0 saturated heterocycles. The number of benzene rings is 2. The van der Waals surface area contributed by atoms with Crippen molar-refractivity contribution in [2.75, 3.05) is 0 Å². The fourth-order valence-corrected chi connectivity index (χ4v) is 2.89. The first-order valence-electron chi connectivity index (χ1n) is 6.14. The van der Waals surface area contributed by atoms with Crippen molar-refractivity contribution in [3.63, 3.8) is 0 Å². The van der Waals surface area contributed by atoms with E-state index < -0.39 is 4.92 Å². The van der Waals surface area contributed by atoms with Crippen LogP contribution in [-0.4, -0.2) is 10.7 Å². The van der Waals surface area contributed by atoms with Crippen molar-refractivity contribution < 1.29 is 9.72 Å². The van der Waals surface area contributed by atoms with Gasteiger partial charge in [0, 0.05) is 34.6 Å². The van der Waals surface area contributed by atoms with Gasteiger partial charge in [-0.15, -0.1) is 0 Å². The van der Waals surface area contributed by atoms with Crippen molar-refractivity contribution in [3.05, 3.63) is 74.3 Å². The summed E-state index contributed by atoms with van der Waals surface area (Å²) in [4.78, 5) is 22.7. The molecule has 1 aliphatic carbocycles. The molecule has 1 unspecified atom stereocenters. The largest absolute Gasteiger partial charge is 0.294 e. The Kier molecular flexibility index (Phi) is 3.03. The van der Waals surface area contributed by atoms with E-state index in [-0.39, 0.29) is 23.8 Å². The summed E-state index contributed by atoms with van der Waals surface area (Å²) in [5, 5.41) is 11.7. The highest BCUT2D eigenvalue weighted by Gasteiger charge is 2.34. The Morgan fingerprint density at radius 1 is 1.15 bits per heavy atom. The molecule has 2 aromatic carbocycles. The number of fused-ring (bicyclic) bond motifs is 1. The van der Waals surface area contributed by atoms with Gasteiger partial charge in [-0.05, 0) is 23.8 Å². The lowest BCUT2D eigenvalue weighted by atomic mass is 9.92. The maximum Gasteiger partial charge on any atom is 0.273 e. The number of carbonyl (C=O) groups excluding carboxylic acids is 1. The lowest BCUT2D eigenvalue weighted by molar-refractivity contribution is -0.385. The summed E-state index contributed by atoms with van der Waals surface area (Å²) >= 11 is 5.98. The third-order valence-corrected chi connectivity index (χ3v) is 3.82. The molecule has 0 heterocycles. The number of ketones is 1. The Balaban J connectivity index is 2.17. The van der Waals surface area contributed by atoms with E-state index in [0.717, 1.165) is 5.56 Å². The number of para-hydroxylation sites is 1. The molecular weight excluding hydrogens is 278 g/mol. The molecule has 0 fully saturated rings. The maximum atomic E-state index is 12.0. The molecule has 4 nitrogen and oxygen atoms in total. The molecule has 0 amide bonds. The lowest BCUT2D eigenvalue weighted by Crippen LogP contribution is -2.02. The summed E-state index contributed by atoms with van der Waals surface area (Å²) in [6.45, 7) is 0. The first-order chi connectivity index (χ1) is 9.58. The maximum absolute atomic E-state index is 12.0. The summed E-state index contributed by atoms with van der Waals surface area (Å²) in [6, 6.07) is 11.6. The molecule has 0 radical (unpaired) electrons. The van der Waals surface area contributed by atoms with Gasteiger partial charge in [-0.1, -0.05) is 29.8 Å². The third kappa shape index (κ3) is 1.98. The SMILES string of the molecule is O=C1CC(c2ccccc2[N+](=O)[O-])c2cc(Cl)ccc21. The second-order valence-corrected chi connectivity index (χ2v) is 5.16. The fourth-order valence-electron chi connectivity index (χ4n) is 2.71. The second kappa shape index (κ2) is 4.72. The number of rotatable bonds is 2. The molecule has 0 aliphatic heterocycles. The van der Waals surface area contributed by atoms with Gasteiger partial charge in [0.15, 0.2) is 5.78 Å². The normalized spacial score (nSPS) is 17.1. The van der Waals surface area contributed by atoms with Crippen molar-refractivity contribution in [2.45, 2.75) is 12.3 Å². The average Bonchev–Trinajstić information content (AvgIpc) is 2.75. The average molecular weight is 288 g/mol. The summed E-state index contributed by atoms with van der Waals surface area (Å²) in [7, 11) is 0. The predicted molar refractivity (Wildman–Crippen MR) is 75.3 cm³/mol. The molecule has 5 heteroatoms. The summed E-state index contributed by atoms with van der Waals surface area (Å²) in [5.41, 5.74) is 1.99. The highest BCUT2D eigenvalue weighted by Crippen LogP contribution is 2.42. The van der Waals surface area contributed by atoms with Crippen LogP contribution in [0.1, 0.15) is 33.8 Å². The summed E-state index contributed by atoms with van der Waals surface area (Å²) < 4.78 is 0. The van der Waals surface area contributed by atoms with Crippen LogP contribution in [0.15, 0.2) is 42.5 Å². The van der Waals surface area contributed by atoms with Crippen LogP contribution in [0.2, 0.25) is 5.02 Å². The molecule has 0 spiro atoms. The minimum Gasteiger partial charge on any atom is -0.294 e. The molecule has 2 aromatic rings. The van der Waals surface area contributed by atoms with Gasteiger partial charge < -0.3 is 0 Å². The second-order valence-electron chi connectivity index (χ2n) is 4.73. The van der Waals surface area contributed by atoms with Crippen LogP contribution in [0.3, 0.4) is 0 Å². The number of carbonyl (C=O) groups is 1. The number of hydrogen-bond donors (Lipinski definition) is 0. The van der Waals surface area contributed by atoms with Gasteiger partial charge >= 0.3 is 0 Å². The van der Waals surface area contributed by atoms with E-state index in [1.165, 1.54) is 6.07 Å². The highest BCUT2D eigenvalue weighted by molar-refractivity contribution is 6.30. The van der Waals surface area contributed by atoms with Gasteiger partial charge in [0.2, 0.25) is 0 Å². The van der Waals surface area contributed by atoms with Gasteiger partial charge in [0.25, 0.3) is 5.69 Å². The smallest absolute Gasteiger partial charge is 0.273 e. The van der Waals surface area contributed by atoms with E-state index in [2.05, 4.69) is 0 Å². The van der Waals surface area contributed by atoms with Gasteiger partial charge in [-0.25, -0.2) is 0 Å². The predicted octanol–water partition coefficient (Wildman–Crippen LogP) is 3.97. The summed E-state index contributed by atoms with van der Waals surface area (Å²) in [5.74, 6) is -0.294. The molecule has 1 aliphatic rings. The van der Waals surface area contributed by atoms with Crippen LogP contribution in [-0.2, 0) is 0 Å². The van der Waals surface area contributed by atoms with Crippen LogP contribution < -0.4 is 0 Å². The zero-order valence-corrected chi connectivity index (χ0v) is 11.1. The van der Waals surface area contributed by atoms with Crippen LogP contribution >= 0.6 is 11.6 Å². The number of nitro groups is 1. The monoisotopic (exact) mass is 287 g/mol. The van der Waals surface area contributed by atoms with Crippen LogP contribution in [0.25, 0.3) is 0 Å². The molecule has 20 heavy (non-hydrogen) atoms. The van der Waals surface area contributed by atoms with Crippen LogP contribution in [0.4, 0.5) is 5.69 Å². The standard InChI is InChI=1S/C15H10ClNO3/c16-9-5-6-11-12(7-9)13(8-15(11)18)10-3-1-2-4-14(10)17(19)20/h1-7,13H,8H2. The van der Waals surface area contributed by atoms with Crippen LogP contribution in [0, 0.1) is 10.1 Å². The first-order valence-corrected chi connectivity index (χ1v) is 6.51. The number of halogens is 1. The Hall–Kier alpha value is -2.20. The number of hydrogen-bond acceptors (Lipinski definition) is 3. The molecule has 100 valence electrons. The zero-order chi connectivity index (χ0) is 14.3. The van der Waals surface area contributed by atoms with E-state index in [4.69, 9.17) is 11.6 Å². The Morgan fingerprint density at radius 2 is 1.90 bits per heavy atom. The highest BCUT2D eigenvalue weighted by atomic mass is 35.5. The number of Topliss-reactive ketones (excluding diaryl/α,β-unsaturated/α-hetero) is 1. The van der Waals surface area contributed by atoms with E-state index in [9.17, 15) is 14.9 Å². The molecule has 0 bridgehead atoms. The first kappa shape index (κ1) is 12.8. The number of nitrogens with zero attached hydrogens (tertiary/aromatic N) is 1. The van der Waals surface area contributed by atoms with Gasteiger partial charge in [-0.3, -0.25) is 14.9 Å². The Bertz CT molecular complexity index is 727. The van der Waals surface area contributed by atoms with E-state index in [1.807, 2.05) is 0 Å². The van der Waals surface area contributed by atoms with Crippen molar-refractivity contribution >= 4 is 23.1 Å². The zero-order valence-electron chi connectivity index (χ0n) is 10.4. The molecule has 3 rings (SSSR count). The quantitative estimate of drug-likeness (QED) is 0.620. The summed E-state index contributed by atoms with van der Waals surface area (Å²) in [6.07, 6.45) is 0.251. The number of nitro benzene ring substituents is 1. The Morgan fingerprint density at radius 3 is 2.65 bits per heavy atom. The molecule has 0 saturated carbocycles. The van der Waals surface area contributed by atoms with E-state index >= 15 is 0 Å². The minimum absolute atomic E-state index is 0.000169. The van der Waals surface area contributed by atoms with Crippen molar-refractivity contribution in [3.8, 4) is 0 Å². The minimum atomic E-state index is -0.414. The van der Waals surface area contributed by atoms with Crippen molar-refractivity contribution in [1.82, 2.24) is 0 Å². The molecule has 1 atom stereocenters. The Labute approximate surface area is 120 Å². The fraction of sp³-hybridized carbons (Fsp3) is 0.133. The lowest BCUT2D eigenvalue weighted by Gasteiger charge is -2.11. The van der Waals surface area contributed by atoms with Crippen molar-refractivity contribution in [2.24, 2.45) is 0 Å². The van der Waals surface area contributed by atoms with E-state index in [1.54, 1.807) is 36.4 Å². The topological polar surface area (TPSA) is 60.2 Å². The molecular formula is C15H10ClNO3.